The maximum Gasteiger partial charge on any atom is 0.257 e. The van der Waals surface area contributed by atoms with E-state index in [9.17, 15) is 13.6 Å². The molecule has 1 heterocycles. The largest absolute Gasteiger partial charge is 0.491 e. The van der Waals surface area contributed by atoms with Gasteiger partial charge in [-0.15, -0.1) is 0 Å². The van der Waals surface area contributed by atoms with Gasteiger partial charge in [0, 0.05) is 24.6 Å². The van der Waals surface area contributed by atoms with Gasteiger partial charge in [-0.1, -0.05) is 0 Å². The first-order chi connectivity index (χ1) is 8.65. The first-order valence-electron chi connectivity index (χ1n) is 5.54. The van der Waals surface area contributed by atoms with Crippen molar-refractivity contribution in [2.45, 2.75) is 0 Å². The lowest BCUT2D eigenvalue weighted by atomic mass is 10.1. The summed E-state index contributed by atoms with van der Waals surface area (Å²) in [6.07, 6.45) is 0. The van der Waals surface area contributed by atoms with Gasteiger partial charge in [-0.2, -0.15) is 11.8 Å². The van der Waals surface area contributed by atoms with Gasteiger partial charge < -0.3 is 9.64 Å². The normalized spacial score (nSPS) is 15.6. The number of carbonyl (C=O) groups excluding carboxylic acids is 1. The van der Waals surface area contributed by atoms with Crippen LogP contribution in [0.15, 0.2) is 12.1 Å². The number of ether oxygens (including phenoxy) is 1. The van der Waals surface area contributed by atoms with Crippen molar-refractivity contribution < 1.29 is 18.3 Å². The van der Waals surface area contributed by atoms with E-state index < -0.39 is 23.3 Å². The Morgan fingerprint density at radius 3 is 2.61 bits per heavy atom. The summed E-state index contributed by atoms with van der Waals surface area (Å²) in [5, 5.41) is 0. The second-order valence-corrected chi connectivity index (χ2v) is 5.07. The molecule has 1 aliphatic heterocycles. The van der Waals surface area contributed by atoms with Gasteiger partial charge >= 0.3 is 0 Å². The van der Waals surface area contributed by atoms with E-state index >= 15 is 0 Å². The van der Waals surface area contributed by atoms with E-state index in [0.29, 0.717) is 13.1 Å². The van der Waals surface area contributed by atoms with Gasteiger partial charge in [-0.05, 0) is 12.1 Å². The molecule has 98 valence electrons. The minimum absolute atomic E-state index is 0.139. The average Bonchev–Trinajstić information content (AvgIpc) is 2.40. The minimum atomic E-state index is -0.930. The number of benzene rings is 1. The van der Waals surface area contributed by atoms with Crippen molar-refractivity contribution in [3.05, 3.63) is 29.3 Å². The number of carbonyl (C=O) groups is 1. The van der Waals surface area contributed by atoms with Gasteiger partial charge in [0.05, 0.1) is 12.7 Å². The van der Waals surface area contributed by atoms with Crippen molar-refractivity contribution in [3.8, 4) is 5.75 Å². The van der Waals surface area contributed by atoms with E-state index in [1.54, 1.807) is 16.7 Å². The first-order valence-corrected chi connectivity index (χ1v) is 6.69. The Labute approximate surface area is 108 Å². The van der Waals surface area contributed by atoms with Crippen LogP contribution in [-0.2, 0) is 0 Å². The highest BCUT2D eigenvalue weighted by Gasteiger charge is 2.24. The fraction of sp³-hybridized carbons (Fsp3) is 0.417. The number of halogens is 2. The molecule has 1 aliphatic rings. The number of amides is 1. The van der Waals surface area contributed by atoms with Crippen LogP contribution in [-0.4, -0.2) is 42.5 Å². The van der Waals surface area contributed by atoms with Crippen molar-refractivity contribution in [2.75, 3.05) is 31.7 Å². The van der Waals surface area contributed by atoms with Gasteiger partial charge in [0.1, 0.15) is 0 Å². The Morgan fingerprint density at radius 1 is 1.33 bits per heavy atom. The molecule has 0 bridgehead atoms. The average molecular weight is 273 g/mol. The van der Waals surface area contributed by atoms with E-state index in [1.807, 2.05) is 0 Å². The highest BCUT2D eigenvalue weighted by molar-refractivity contribution is 7.99. The molecule has 3 nitrogen and oxygen atoms in total. The lowest BCUT2D eigenvalue weighted by Crippen LogP contribution is -2.38. The van der Waals surface area contributed by atoms with Crippen LogP contribution in [0.4, 0.5) is 8.78 Å². The number of methoxy groups -OCH3 is 1. The summed E-state index contributed by atoms with van der Waals surface area (Å²) >= 11 is 1.75. The summed E-state index contributed by atoms with van der Waals surface area (Å²) in [4.78, 5) is 13.7. The number of nitrogens with zero attached hydrogens (tertiary/aromatic N) is 1. The molecule has 18 heavy (non-hydrogen) atoms. The molecule has 0 atom stereocenters. The number of hydrogen-bond acceptors (Lipinski definition) is 3. The molecule has 0 unspecified atom stereocenters. The molecule has 0 radical (unpaired) electrons. The summed E-state index contributed by atoms with van der Waals surface area (Å²) in [6.45, 7) is 1.17. The molecular formula is C12H13F2NO2S. The molecule has 0 saturated carbocycles. The van der Waals surface area contributed by atoms with Gasteiger partial charge in [0.2, 0.25) is 0 Å². The van der Waals surface area contributed by atoms with E-state index in [4.69, 9.17) is 0 Å². The Balaban J connectivity index is 2.30. The van der Waals surface area contributed by atoms with Crippen LogP contribution >= 0.6 is 11.8 Å². The van der Waals surface area contributed by atoms with Crippen molar-refractivity contribution >= 4 is 17.7 Å². The molecular weight excluding hydrogens is 260 g/mol. The van der Waals surface area contributed by atoms with Gasteiger partial charge in [-0.25, -0.2) is 8.78 Å². The van der Waals surface area contributed by atoms with E-state index in [1.165, 1.54) is 7.11 Å². The van der Waals surface area contributed by atoms with E-state index in [0.717, 1.165) is 23.6 Å². The zero-order valence-corrected chi connectivity index (χ0v) is 10.7. The summed E-state index contributed by atoms with van der Waals surface area (Å²) in [6, 6.07) is 2.21. The Morgan fingerprint density at radius 2 is 2.00 bits per heavy atom. The first kappa shape index (κ1) is 13.1. The molecule has 6 heteroatoms. The van der Waals surface area contributed by atoms with Crippen molar-refractivity contribution in [3.63, 3.8) is 0 Å². The number of thioether (sulfide) groups is 1. The van der Waals surface area contributed by atoms with Crippen LogP contribution < -0.4 is 4.74 Å². The monoisotopic (exact) mass is 273 g/mol. The summed E-state index contributed by atoms with van der Waals surface area (Å²) in [5.74, 6) is -0.975. The summed E-state index contributed by atoms with van der Waals surface area (Å²) < 4.78 is 31.8. The van der Waals surface area contributed by atoms with Crippen LogP contribution in [0, 0.1) is 11.6 Å². The Bertz CT molecular complexity index is 462. The zero-order chi connectivity index (χ0) is 13.1. The van der Waals surface area contributed by atoms with E-state index in [-0.39, 0.29) is 5.56 Å². The molecule has 1 saturated heterocycles. The molecule has 1 aromatic rings. The van der Waals surface area contributed by atoms with Crippen molar-refractivity contribution in [1.29, 1.82) is 0 Å². The number of hydrogen-bond donors (Lipinski definition) is 0. The maximum absolute atomic E-state index is 13.9. The third kappa shape index (κ3) is 2.43. The van der Waals surface area contributed by atoms with Gasteiger partial charge in [0.25, 0.3) is 5.91 Å². The van der Waals surface area contributed by atoms with Crippen molar-refractivity contribution in [1.82, 2.24) is 4.90 Å². The second-order valence-electron chi connectivity index (χ2n) is 3.85. The van der Waals surface area contributed by atoms with Gasteiger partial charge in [0.15, 0.2) is 17.4 Å². The summed E-state index contributed by atoms with van der Waals surface area (Å²) in [7, 11) is 1.17. The number of rotatable bonds is 2. The molecule has 2 rings (SSSR count). The highest BCUT2D eigenvalue weighted by Crippen LogP contribution is 2.25. The molecule has 1 amide bonds. The van der Waals surface area contributed by atoms with Crippen LogP contribution in [0.2, 0.25) is 0 Å². The molecule has 0 N–H and O–H groups in total. The topological polar surface area (TPSA) is 29.5 Å². The predicted molar refractivity (Wildman–Crippen MR) is 66.1 cm³/mol. The second kappa shape index (κ2) is 5.56. The highest BCUT2D eigenvalue weighted by atomic mass is 32.2. The Kier molecular flexibility index (Phi) is 4.06. The Hall–Kier alpha value is -1.30. The molecule has 0 spiro atoms. The van der Waals surface area contributed by atoms with Crippen LogP contribution in [0.25, 0.3) is 0 Å². The third-order valence-corrected chi connectivity index (χ3v) is 3.72. The predicted octanol–water partition coefficient (Wildman–Crippen LogP) is 2.16. The minimum Gasteiger partial charge on any atom is -0.491 e. The quantitative estimate of drug-likeness (QED) is 0.827. The smallest absolute Gasteiger partial charge is 0.257 e. The van der Waals surface area contributed by atoms with Crippen LogP contribution in [0.1, 0.15) is 10.4 Å². The SMILES string of the molecule is COc1c(F)ccc(C(=O)N2CCSCC2)c1F. The van der Waals surface area contributed by atoms with Crippen LogP contribution in [0.5, 0.6) is 5.75 Å². The molecule has 0 aliphatic carbocycles. The maximum atomic E-state index is 13.9. The third-order valence-electron chi connectivity index (χ3n) is 2.78. The molecule has 1 fully saturated rings. The standard InChI is InChI=1S/C12H13F2NO2S/c1-17-11-9(13)3-2-8(10(11)14)12(16)15-4-6-18-7-5-15/h2-3H,4-7H2,1H3. The van der Waals surface area contributed by atoms with Crippen LogP contribution in [0.3, 0.4) is 0 Å². The molecule has 0 aromatic heterocycles. The molecule has 1 aromatic carbocycles. The summed E-state index contributed by atoms with van der Waals surface area (Å²) in [5.41, 5.74) is -0.139. The van der Waals surface area contributed by atoms with Crippen molar-refractivity contribution in [2.24, 2.45) is 0 Å². The van der Waals surface area contributed by atoms with E-state index in [2.05, 4.69) is 4.74 Å². The lowest BCUT2D eigenvalue weighted by Gasteiger charge is -2.26. The fourth-order valence-corrected chi connectivity index (χ4v) is 2.72. The zero-order valence-electron chi connectivity index (χ0n) is 9.91. The fourth-order valence-electron chi connectivity index (χ4n) is 1.82. The van der Waals surface area contributed by atoms with Gasteiger partial charge in [-0.3, -0.25) is 4.79 Å². The lowest BCUT2D eigenvalue weighted by molar-refractivity contribution is 0.0766.